The average molecular weight is 252 g/mol. The molecule has 0 spiro atoms. The van der Waals surface area contributed by atoms with E-state index in [1.54, 1.807) is 0 Å². The number of piperidine rings is 1. The minimum Gasteiger partial charge on any atom is -0.381 e. The lowest BCUT2D eigenvalue weighted by Gasteiger charge is -2.29. The third kappa shape index (κ3) is 2.22. The Kier molecular flexibility index (Phi) is 3.22. The average Bonchev–Trinajstić information content (AvgIpc) is 2.91. The first kappa shape index (κ1) is 11.9. The smallest absolute Gasteiger partial charge is 0.266 e. The fraction of sp³-hybridized carbons (Fsp3) is 0.833. The zero-order chi connectivity index (χ0) is 12.4. The highest BCUT2D eigenvalue weighted by atomic mass is 16.5. The van der Waals surface area contributed by atoms with Crippen LogP contribution >= 0.6 is 0 Å². The van der Waals surface area contributed by atoms with E-state index >= 15 is 0 Å². The summed E-state index contributed by atoms with van der Waals surface area (Å²) >= 11 is 0. The van der Waals surface area contributed by atoms with Crippen LogP contribution in [0.25, 0.3) is 0 Å². The Labute approximate surface area is 106 Å². The van der Waals surface area contributed by atoms with E-state index in [-0.39, 0.29) is 0 Å². The van der Waals surface area contributed by atoms with Crippen molar-refractivity contribution in [2.24, 2.45) is 5.73 Å². The van der Waals surface area contributed by atoms with Crippen molar-refractivity contribution in [2.75, 3.05) is 31.2 Å². The summed E-state index contributed by atoms with van der Waals surface area (Å²) in [5, 5.41) is 4.08. The van der Waals surface area contributed by atoms with Gasteiger partial charge in [0.2, 0.25) is 5.89 Å². The molecule has 100 valence electrons. The van der Waals surface area contributed by atoms with Gasteiger partial charge in [-0.2, -0.15) is 4.98 Å². The molecule has 2 aliphatic rings. The van der Waals surface area contributed by atoms with Gasteiger partial charge in [-0.05, 0) is 37.3 Å². The van der Waals surface area contributed by atoms with Crippen molar-refractivity contribution in [2.45, 2.75) is 37.6 Å². The minimum atomic E-state index is -0.501. The third-order valence-corrected chi connectivity index (χ3v) is 3.87. The highest BCUT2D eigenvalue weighted by Gasteiger charge is 2.36. The molecule has 18 heavy (non-hydrogen) atoms. The molecule has 6 heteroatoms. The monoisotopic (exact) mass is 252 g/mol. The van der Waals surface area contributed by atoms with Crippen molar-refractivity contribution in [1.82, 2.24) is 10.1 Å². The van der Waals surface area contributed by atoms with Crippen LogP contribution in [0.5, 0.6) is 0 Å². The van der Waals surface area contributed by atoms with E-state index in [1.807, 2.05) is 0 Å². The van der Waals surface area contributed by atoms with Gasteiger partial charge in [0.15, 0.2) is 0 Å². The molecule has 1 aromatic rings. The molecular weight excluding hydrogens is 232 g/mol. The fourth-order valence-electron chi connectivity index (χ4n) is 2.59. The summed E-state index contributed by atoms with van der Waals surface area (Å²) in [6.45, 7) is 3.36. The van der Waals surface area contributed by atoms with Gasteiger partial charge in [0.25, 0.3) is 5.95 Å². The molecule has 0 atom stereocenters. The van der Waals surface area contributed by atoms with E-state index < -0.39 is 5.54 Å². The van der Waals surface area contributed by atoms with Crippen LogP contribution in [0, 0.1) is 0 Å². The van der Waals surface area contributed by atoms with Crippen molar-refractivity contribution in [3.63, 3.8) is 0 Å². The second-order valence-electron chi connectivity index (χ2n) is 5.22. The van der Waals surface area contributed by atoms with Crippen molar-refractivity contribution in [3.05, 3.63) is 5.89 Å². The van der Waals surface area contributed by atoms with Crippen LogP contribution in [-0.2, 0) is 10.3 Å². The van der Waals surface area contributed by atoms with Crippen molar-refractivity contribution >= 4 is 5.95 Å². The Bertz CT molecular complexity index is 395. The zero-order valence-electron chi connectivity index (χ0n) is 10.6. The highest BCUT2D eigenvalue weighted by molar-refractivity contribution is 5.29. The Balaban J connectivity index is 1.75. The van der Waals surface area contributed by atoms with Crippen molar-refractivity contribution < 1.29 is 9.26 Å². The van der Waals surface area contributed by atoms with Crippen LogP contribution in [0.15, 0.2) is 4.52 Å². The molecule has 0 bridgehead atoms. The maximum Gasteiger partial charge on any atom is 0.266 e. The van der Waals surface area contributed by atoms with Crippen molar-refractivity contribution in [3.8, 4) is 0 Å². The zero-order valence-corrected chi connectivity index (χ0v) is 10.6. The van der Waals surface area contributed by atoms with Gasteiger partial charge in [-0.1, -0.05) is 0 Å². The number of aromatic nitrogens is 2. The van der Waals surface area contributed by atoms with E-state index in [0.717, 1.165) is 25.9 Å². The lowest BCUT2D eigenvalue weighted by atomic mass is 9.91. The van der Waals surface area contributed by atoms with Crippen LogP contribution in [0.1, 0.15) is 38.0 Å². The Morgan fingerprint density at radius 3 is 2.56 bits per heavy atom. The Morgan fingerprint density at radius 2 is 1.83 bits per heavy atom. The van der Waals surface area contributed by atoms with Crippen LogP contribution in [0.4, 0.5) is 5.95 Å². The normalized spacial score (nSPS) is 24.2. The number of rotatable bonds is 2. The van der Waals surface area contributed by atoms with Crippen LogP contribution in [0.2, 0.25) is 0 Å². The van der Waals surface area contributed by atoms with E-state index in [1.165, 1.54) is 19.3 Å². The molecule has 0 saturated carbocycles. The quantitative estimate of drug-likeness (QED) is 0.847. The largest absolute Gasteiger partial charge is 0.381 e. The van der Waals surface area contributed by atoms with Gasteiger partial charge in [-0.15, -0.1) is 0 Å². The summed E-state index contributed by atoms with van der Waals surface area (Å²) in [6.07, 6.45) is 5.18. The Hall–Kier alpha value is -1.14. The summed E-state index contributed by atoms with van der Waals surface area (Å²) < 4.78 is 10.7. The first-order chi connectivity index (χ1) is 8.78. The van der Waals surface area contributed by atoms with Gasteiger partial charge in [0, 0.05) is 26.3 Å². The van der Waals surface area contributed by atoms with Gasteiger partial charge >= 0.3 is 0 Å². The first-order valence-corrected chi connectivity index (χ1v) is 6.74. The number of hydrogen-bond donors (Lipinski definition) is 1. The molecule has 0 radical (unpaired) electrons. The molecule has 2 fully saturated rings. The molecular formula is C12H20N4O2. The number of nitrogens with two attached hydrogens (primary N) is 1. The van der Waals surface area contributed by atoms with E-state index in [2.05, 4.69) is 15.0 Å². The summed E-state index contributed by atoms with van der Waals surface area (Å²) in [7, 11) is 0. The van der Waals surface area contributed by atoms with Crippen molar-refractivity contribution in [1.29, 1.82) is 0 Å². The Morgan fingerprint density at radius 1 is 1.11 bits per heavy atom. The fourth-order valence-corrected chi connectivity index (χ4v) is 2.59. The summed E-state index contributed by atoms with van der Waals surface area (Å²) in [6, 6.07) is 0. The molecule has 2 saturated heterocycles. The lowest BCUT2D eigenvalue weighted by Crippen LogP contribution is -2.42. The van der Waals surface area contributed by atoms with Gasteiger partial charge in [0.1, 0.15) is 5.54 Å². The van der Waals surface area contributed by atoms with Crippen LogP contribution < -0.4 is 10.6 Å². The summed E-state index contributed by atoms with van der Waals surface area (Å²) in [4.78, 5) is 6.68. The predicted molar refractivity (Wildman–Crippen MR) is 66.3 cm³/mol. The van der Waals surface area contributed by atoms with E-state index in [9.17, 15) is 0 Å². The van der Waals surface area contributed by atoms with Gasteiger partial charge in [-0.25, -0.2) is 0 Å². The topological polar surface area (TPSA) is 77.4 Å². The van der Waals surface area contributed by atoms with Crippen LogP contribution in [-0.4, -0.2) is 36.4 Å². The summed E-state index contributed by atoms with van der Waals surface area (Å²) in [5.41, 5.74) is 5.83. The molecule has 0 aliphatic carbocycles. The van der Waals surface area contributed by atoms with E-state index in [4.69, 9.17) is 15.0 Å². The molecule has 6 nitrogen and oxygen atoms in total. The highest BCUT2D eigenvalue weighted by Crippen LogP contribution is 2.29. The second-order valence-corrected chi connectivity index (χ2v) is 5.22. The van der Waals surface area contributed by atoms with E-state index in [0.29, 0.717) is 25.1 Å². The first-order valence-electron chi connectivity index (χ1n) is 6.74. The maximum absolute atomic E-state index is 6.33. The number of ether oxygens (including phenoxy) is 1. The molecule has 0 amide bonds. The maximum atomic E-state index is 6.33. The standard InChI is InChI=1S/C12H20N4O2/c13-12(4-8-17-9-5-12)10-14-11(15-18-10)16-6-2-1-3-7-16/h1-9,13H2. The molecule has 0 unspecified atom stereocenters. The van der Waals surface area contributed by atoms with Gasteiger partial charge in [-0.3, -0.25) is 0 Å². The number of nitrogens with zero attached hydrogens (tertiary/aromatic N) is 3. The molecule has 3 heterocycles. The summed E-state index contributed by atoms with van der Waals surface area (Å²) in [5.74, 6) is 1.26. The third-order valence-electron chi connectivity index (χ3n) is 3.87. The molecule has 1 aromatic heterocycles. The van der Waals surface area contributed by atoms with Gasteiger partial charge in [0.05, 0.1) is 0 Å². The minimum absolute atomic E-state index is 0.501. The number of hydrogen-bond acceptors (Lipinski definition) is 6. The molecule has 3 rings (SSSR count). The van der Waals surface area contributed by atoms with Crippen LogP contribution in [0.3, 0.4) is 0 Å². The lowest BCUT2D eigenvalue weighted by molar-refractivity contribution is 0.0400. The number of anilines is 1. The SMILES string of the molecule is NC1(c2nc(N3CCCCC3)no2)CCOCC1. The molecule has 2 N–H and O–H groups in total. The van der Waals surface area contributed by atoms with Gasteiger partial charge < -0.3 is 19.9 Å². The molecule has 0 aromatic carbocycles. The predicted octanol–water partition coefficient (Wildman–Crippen LogP) is 1.02. The molecule has 2 aliphatic heterocycles. The second kappa shape index (κ2) is 4.85.